The van der Waals surface area contributed by atoms with Crippen molar-refractivity contribution in [1.29, 1.82) is 0 Å². The molecule has 6 nitrogen and oxygen atoms in total. The average molecular weight is 362 g/mol. The van der Waals surface area contributed by atoms with Crippen LogP contribution < -0.4 is 21.2 Å². The predicted octanol–water partition coefficient (Wildman–Crippen LogP) is 1.86. The fraction of sp³-hybridized carbons (Fsp3) is 0.412. The summed E-state index contributed by atoms with van der Waals surface area (Å²) in [7, 11) is 0. The Kier molecular flexibility index (Phi) is 3.88. The highest BCUT2D eigenvalue weighted by molar-refractivity contribution is 7.12. The minimum absolute atomic E-state index is 0.113. The second-order valence-corrected chi connectivity index (χ2v) is 7.20. The molecule has 1 fully saturated rings. The summed E-state index contributed by atoms with van der Waals surface area (Å²) < 4.78 is 19.3. The van der Waals surface area contributed by atoms with Crippen LogP contribution >= 0.6 is 11.5 Å². The van der Waals surface area contributed by atoms with E-state index in [9.17, 15) is 14.0 Å². The molecule has 1 aromatic carbocycles. The molecule has 132 valence electrons. The number of hydrogen-bond donors (Lipinski definition) is 2. The summed E-state index contributed by atoms with van der Waals surface area (Å²) in [5, 5.41) is 3.71. The minimum atomic E-state index is -0.424. The number of H-pyrrole nitrogens is 1. The number of aryl methyl sites for hydroxylation is 1. The van der Waals surface area contributed by atoms with E-state index in [0.717, 1.165) is 18.1 Å². The van der Waals surface area contributed by atoms with E-state index in [1.54, 1.807) is 6.07 Å². The van der Waals surface area contributed by atoms with Gasteiger partial charge < -0.3 is 14.8 Å². The molecule has 8 heteroatoms. The van der Waals surface area contributed by atoms with Crippen molar-refractivity contribution in [2.24, 2.45) is 0 Å². The van der Waals surface area contributed by atoms with Crippen molar-refractivity contribution in [3.8, 4) is 0 Å². The van der Waals surface area contributed by atoms with Crippen molar-refractivity contribution < 1.29 is 4.39 Å². The molecule has 1 aliphatic rings. The monoisotopic (exact) mass is 362 g/mol. The first-order valence-corrected chi connectivity index (χ1v) is 9.18. The maximum absolute atomic E-state index is 14.8. The Morgan fingerprint density at radius 1 is 1.36 bits per heavy atom. The van der Waals surface area contributed by atoms with Gasteiger partial charge in [-0.05, 0) is 37.5 Å². The summed E-state index contributed by atoms with van der Waals surface area (Å²) in [6.45, 7) is 6.81. The number of rotatable bonds is 2. The van der Waals surface area contributed by atoms with E-state index < -0.39 is 16.8 Å². The summed E-state index contributed by atoms with van der Waals surface area (Å²) in [6.07, 6.45) is 0. The fourth-order valence-corrected chi connectivity index (χ4v) is 4.51. The van der Waals surface area contributed by atoms with Crippen molar-refractivity contribution in [2.45, 2.75) is 26.4 Å². The summed E-state index contributed by atoms with van der Waals surface area (Å²) in [5.74, 6) is -0.424. The highest BCUT2D eigenvalue weighted by atomic mass is 32.1. The smallest absolute Gasteiger partial charge is 0.271 e. The molecule has 0 amide bonds. The van der Waals surface area contributed by atoms with Gasteiger partial charge in [-0.1, -0.05) is 0 Å². The van der Waals surface area contributed by atoms with Crippen LogP contribution in [-0.4, -0.2) is 34.6 Å². The number of benzene rings is 1. The van der Waals surface area contributed by atoms with Crippen molar-refractivity contribution in [2.75, 3.05) is 24.5 Å². The number of pyridine rings is 1. The van der Waals surface area contributed by atoms with Crippen molar-refractivity contribution in [1.82, 2.24) is 14.3 Å². The molecule has 0 bridgehead atoms. The van der Waals surface area contributed by atoms with Gasteiger partial charge in [-0.3, -0.25) is 14.0 Å². The van der Waals surface area contributed by atoms with E-state index in [0.29, 0.717) is 35.7 Å². The Labute approximate surface area is 147 Å². The van der Waals surface area contributed by atoms with Gasteiger partial charge in [-0.2, -0.15) is 0 Å². The summed E-state index contributed by atoms with van der Waals surface area (Å²) in [5.41, 5.74) is 0.355. The Bertz CT molecular complexity index is 1080. The number of aromatic nitrogens is 2. The van der Waals surface area contributed by atoms with Gasteiger partial charge in [0.25, 0.3) is 5.56 Å². The molecule has 25 heavy (non-hydrogen) atoms. The lowest BCUT2D eigenvalue weighted by Gasteiger charge is -2.34. The number of aromatic amines is 1. The van der Waals surface area contributed by atoms with Crippen LogP contribution in [0.25, 0.3) is 21.1 Å². The molecule has 3 heterocycles. The number of hydrogen-bond acceptors (Lipinski definition) is 5. The third kappa shape index (κ3) is 2.47. The second-order valence-electron chi connectivity index (χ2n) is 6.41. The Hall–Kier alpha value is -2.19. The van der Waals surface area contributed by atoms with Crippen LogP contribution in [0.15, 0.2) is 21.7 Å². The standard InChI is InChI=1S/C17H19FN4O2S/c1-3-22-12-7-13(21-5-4-19-9(2)8-21)11(18)6-10(12)15(23)14-16(24)20-25-17(14)22/h6-7,9,19H,3-5,8H2,1-2H3,(H,20,24). The van der Waals surface area contributed by atoms with Crippen LogP contribution in [0.4, 0.5) is 10.1 Å². The van der Waals surface area contributed by atoms with Gasteiger partial charge in [0.15, 0.2) is 0 Å². The summed E-state index contributed by atoms with van der Waals surface area (Å²) in [4.78, 5) is 27.3. The van der Waals surface area contributed by atoms with Crippen LogP contribution in [0.3, 0.4) is 0 Å². The Balaban J connectivity index is 2.03. The molecule has 1 unspecified atom stereocenters. The highest BCUT2D eigenvalue weighted by Crippen LogP contribution is 2.28. The van der Waals surface area contributed by atoms with Gasteiger partial charge in [-0.25, -0.2) is 4.39 Å². The maximum Gasteiger partial charge on any atom is 0.271 e. The second kappa shape index (κ2) is 5.96. The van der Waals surface area contributed by atoms with Gasteiger partial charge >= 0.3 is 0 Å². The Morgan fingerprint density at radius 2 is 2.16 bits per heavy atom. The molecule has 1 atom stereocenters. The number of halogens is 1. The summed E-state index contributed by atoms with van der Waals surface area (Å²) >= 11 is 1.15. The molecule has 0 aliphatic carbocycles. The molecule has 2 N–H and O–H groups in total. The number of piperazine rings is 1. The van der Waals surface area contributed by atoms with Crippen LogP contribution in [0.2, 0.25) is 0 Å². The van der Waals surface area contributed by atoms with Crippen molar-refractivity contribution in [3.63, 3.8) is 0 Å². The first-order valence-electron chi connectivity index (χ1n) is 8.36. The molecule has 4 rings (SSSR count). The van der Waals surface area contributed by atoms with Gasteiger partial charge in [0.2, 0.25) is 5.43 Å². The number of nitrogens with zero attached hydrogens (tertiary/aromatic N) is 2. The van der Waals surface area contributed by atoms with E-state index in [-0.39, 0.29) is 16.8 Å². The number of anilines is 1. The lowest BCUT2D eigenvalue weighted by Crippen LogP contribution is -2.49. The third-order valence-corrected chi connectivity index (χ3v) is 5.69. The average Bonchev–Trinajstić information content (AvgIpc) is 2.97. The largest absolute Gasteiger partial charge is 0.366 e. The lowest BCUT2D eigenvalue weighted by atomic mass is 10.1. The SMILES string of the molecule is CCn1c2cc(N3CCNC(C)C3)c(F)cc2c(=O)c2c(=O)[nH]sc21. The lowest BCUT2D eigenvalue weighted by molar-refractivity contribution is 0.479. The topological polar surface area (TPSA) is 70.1 Å². The molecule has 1 saturated heterocycles. The Morgan fingerprint density at radius 3 is 2.88 bits per heavy atom. The van der Waals surface area contributed by atoms with Gasteiger partial charge in [-0.15, -0.1) is 0 Å². The van der Waals surface area contributed by atoms with E-state index in [4.69, 9.17) is 0 Å². The molecule has 0 radical (unpaired) electrons. The fourth-order valence-electron chi connectivity index (χ4n) is 3.59. The summed E-state index contributed by atoms with van der Waals surface area (Å²) in [6, 6.07) is 3.30. The predicted molar refractivity (Wildman–Crippen MR) is 99.5 cm³/mol. The van der Waals surface area contributed by atoms with Crippen LogP contribution in [0.1, 0.15) is 13.8 Å². The van der Waals surface area contributed by atoms with Crippen LogP contribution in [0.5, 0.6) is 0 Å². The highest BCUT2D eigenvalue weighted by Gasteiger charge is 2.22. The number of fused-ring (bicyclic) bond motifs is 2. The van der Waals surface area contributed by atoms with Gasteiger partial charge in [0.05, 0.1) is 11.2 Å². The molecule has 3 aromatic rings. The molecular formula is C17H19FN4O2S. The van der Waals surface area contributed by atoms with E-state index in [1.807, 2.05) is 16.4 Å². The van der Waals surface area contributed by atoms with Gasteiger partial charge in [0, 0.05) is 37.6 Å². The minimum Gasteiger partial charge on any atom is -0.366 e. The van der Waals surface area contributed by atoms with E-state index in [2.05, 4.69) is 16.6 Å². The van der Waals surface area contributed by atoms with E-state index >= 15 is 0 Å². The zero-order valence-electron chi connectivity index (χ0n) is 14.1. The maximum atomic E-state index is 14.8. The van der Waals surface area contributed by atoms with Crippen LogP contribution in [-0.2, 0) is 6.54 Å². The van der Waals surface area contributed by atoms with Crippen LogP contribution in [0, 0.1) is 5.82 Å². The first-order chi connectivity index (χ1) is 12.0. The molecule has 0 spiro atoms. The normalized spacial score (nSPS) is 18.4. The third-order valence-electron chi connectivity index (χ3n) is 4.78. The molecule has 0 saturated carbocycles. The van der Waals surface area contributed by atoms with Gasteiger partial charge in [0.1, 0.15) is 16.0 Å². The number of nitrogens with one attached hydrogen (secondary N) is 2. The zero-order chi connectivity index (χ0) is 17.7. The quantitative estimate of drug-likeness (QED) is 0.730. The molecule has 1 aliphatic heterocycles. The molecule has 2 aromatic heterocycles. The van der Waals surface area contributed by atoms with E-state index in [1.165, 1.54) is 6.07 Å². The molecular weight excluding hydrogens is 343 g/mol. The zero-order valence-corrected chi connectivity index (χ0v) is 14.9. The van der Waals surface area contributed by atoms with Crippen molar-refractivity contribution >= 4 is 38.3 Å². The first kappa shape index (κ1) is 16.3. The van der Waals surface area contributed by atoms with Crippen molar-refractivity contribution in [3.05, 3.63) is 38.5 Å².